The molecule has 1 unspecified atom stereocenters. The number of hydrogen-bond acceptors (Lipinski definition) is 4. The van der Waals surface area contributed by atoms with Gasteiger partial charge in [-0.15, -0.1) is 11.3 Å². The minimum atomic E-state index is 0.152. The Kier molecular flexibility index (Phi) is 5.01. The number of aryl methyl sites for hydroxylation is 1. The monoisotopic (exact) mass is 281 g/mol. The largest absolute Gasteiger partial charge is 0.296 e. The Bertz CT molecular complexity index is 392. The van der Waals surface area contributed by atoms with Crippen LogP contribution >= 0.6 is 11.3 Å². The summed E-state index contributed by atoms with van der Waals surface area (Å²) in [6, 6.07) is 2.51. The maximum Gasteiger partial charge on any atom is 0.0651 e. The fourth-order valence-corrected chi connectivity index (χ4v) is 4.36. The lowest BCUT2D eigenvalue weighted by molar-refractivity contribution is 0.0618. The Morgan fingerprint density at radius 1 is 1.37 bits per heavy atom. The summed E-state index contributed by atoms with van der Waals surface area (Å²) in [6.45, 7) is 9.18. The Morgan fingerprint density at radius 2 is 2.00 bits per heavy atom. The van der Waals surface area contributed by atoms with E-state index < -0.39 is 0 Å². The molecule has 0 bridgehead atoms. The molecule has 1 aliphatic heterocycles. The van der Waals surface area contributed by atoms with Crippen LogP contribution in [0.4, 0.5) is 0 Å². The average molecular weight is 281 g/mol. The summed E-state index contributed by atoms with van der Waals surface area (Å²) in [4.78, 5) is 4.02. The first-order chi connectivity index (χ1) is 9.17. The van der Waals surface area contributed by atoms with Crippen molar-refractivity contribution in [2.45, 2.75) is 58.0 Å². The SMILES string of the molecule is CCC(CC)(C(NN)c1csc(C)c1)N1CCCC1. The third-order valence-electron chi connectivity index (χ3n) is 4.75. The molecule has 3 nitrogen and oxygen atoms in total. The van der Waals surface area contributed by atoms with Gasteiger partial charge in [0.2, 0.25) is 0 Å². The smallest absolute Gasteiger partial charge is 0.0651 e. The Hall–Kier alpha value is -0.420. The van der Waals surface area contributed by atoms with Crippen LogP contribution in [0.25, 0.3) is 0 Å². The van der Waals surface area contributed by atoms with Crippen molar-refractivity contribution in [3.8, 4) is 0 Å². The van der Waals surface area contributed by atoms with Crippen LogP contribution in [0.2, 0.25) is 0 Å². The number of hydrazine groups is 1. The summed E-state index contributed by atoms with van der Waals surface area (Å²) in [5.74, 6) is 5.95. The van der Waals surface area contributed by atoms with E-state index in [2.05, 4.69) is 42.5 Å². The molecule has 108 valence electrons. The third kappa shape index (κ3) is 2.72. The molecule has 1 aromatic rings. The van der Waals surface area contributed by atoms with E-state index in [1.54, 1.807) is 0 Å². The molecule has 0 amide bonds. The molecule has 19 heavy (non-hydrogen) atoms. The molecule has 1 fully saturated rings. The number of nitrogens with zero attached hydrogens (tertiary/aromatic N) is 1. The highest BCUT2D eigenvalue weighted by Crippen LogP contribution is 2.40. The predicted octanol–water partition coefficient (Wildman–Crippen LogP) is 3.22. The topological polar surface area (TPSA) is 41.3 Å². The molecule has 0 aliphatic carbocycles. The number of rotatable bonds is 6. The average Bonchev–Trinajstić information content (AvgIpc) is 3.07. The van der Waals surface area contributed by atoms with E-state index in [9.17, 15) is 0 Å². The predicted molar refractivity (Wildman–Crippen MR) is 83.2 cm³/mol. The Balaban J connectivity index is 2.34. The summed E-state index contributed by atoms with van der Waals surface area (Å²) in [5, 5.41) is 2.26. The minimum absolute atomic E-state index is 0.152. The lowest BCUT2D eigenvalue weighted by atomic mass is 9.80. The number of hydrogen-bond donors (Lipinski definition) is 2. The molecule has 2 rings (SSSR count). The van der Waals surface area contributed by atoms with Gasteiger partial charge in [0.15, 0.2) is 0 Å². The molecule has 2 heterocycles. The summed E-state index contributed by atoms with van der Waals surface area (Å²) < 4.78 is 0. The van der Waals surface area contributed by atoms with E-state index in [4.69, 9.17) is 5.84 Å². The van der Waals surface area contributed by atoms with Gasteiger partial charge < -0.3 is 0 Å². The molecule has 1 saturated heterocycles. The second kappa shape index (κ2) is 6.35. The summed E-state index contributed by atoms with van der Waals surface area (Å²) in [7, 11) is 0. The van der Waals surface area contributed by atoms with Gasteiger partial charge in [-0.25, -0.2) is 0 Å². The second-order valence-electron chi connectivity index (χ2n) is 5.60. The van der Waals surface area contributed by atoms with E-state index in [-0.39, 0.29) is 11.6 Å². The van der Waals surface area contributed by atoms with E-state index in [1.807, 2.05) is 11.3 Å². The molecule has 0 saturated carbocycles. The fraction of sp³-hybridized carbons (Fsp3) is 0.733. The molecule has 0 radical (unpaired) electrons. The molecule has 0 spiro atoms. The van der Waals surface area contributed by atoms with Crippen molar-refractivity contribution in [1.82, 2.24) is 10.3 Å². The molecule has 3 N–H and O–H groups in total. The van der Waals surface area contributed by atoms with Crippen LogP contribution < -0.4 is 11.3 Å². The first kappa shape index (κ1) is 15.0. The first-order valence-corrected chi connectivity index (χ1v) is 8.32. The Labute approximate surface area is 121 Å². The van der Waals surface area contributed by atoms with Crippen LogP contribution in [-0.4, -0.2) is 23.5 Å². The maximum atomic E-state index is 5.95. The number of nitrogens with two attached hydrogens (primary N) is 1. The zero-order chi connectivity index (χ0) is 13.9. The highest BCUT2D eigenvalue weighted by atomic mass is 32.1. The van der Waals surface area contributed by atoms with Gasteiger partial charge >= 0.3 is 0 Å². The number of likely N-dealkylation sites (tertiary alicyclic amines) is 1. The minimum Gasteiger partial charge on any atom is -0.296 e. The van der Waals surface area contributed by atoms with E-state index >= 15 is 0 Å². The van der Waals surface area contributed by atoms with Crippen molar-refractivity contribution in [2.24, 2.45) is 5.84 Å². The molecule has 0 aromatic carbocycles. The highest BCUT2D eigenvalue weighted by Gasteiger charge is 2.42. The van der Waals surface area contributed by atoms with Gasteiger partial charge in [0.05, 0.1) is 6.04 Å². The zero-order valence-corrected chi connectivity index (χ0v) is 13.2. The van der Waals surface area contributed by atoms with E-state index in [0.717, 1.165) is 12.8 Å². The van der Waals surface area contributed by atoms with Crippen molar-refractivity contribution in [3.63, 3.8) is 0 Å². The lowest BCUT2D eigenvalue weighted by Gasteiger charge is -2.46. The zero-order valence-electron chi connectivity index (χ0n) is 12.4. The van der Waals surface area contributed by atoms with Crippen molar-refractivity contribution in [3.05, 3.63) is 21.9 Å². The summed E-state index contributed by atoms with van der Waals surface area (Å²) in [6.07, 6.45) is 4.91. The lowest BCUT2D eigenvalue weighted by Crippen LogP contribution is -2.56. The molecule has 1 atom stereocenters. The van der Waals surface area contributed by atoms with Crippen molar-refractivity contribution < 1.29 is 0 Å². The van der Waals surface area contributed by atoms with Gasteiger partial charge in [-0.05, 0) is 62.7 Å². The van der Waals surface area contributed by atoms with E-state index in [1.165, 1.54) is 36.4 Å². The maximum absolute atomic E-state index is 5.95. The molecular weight excluding hydrogens is 254 g/mol. The second-order valence-corrected chi connectivity index (χ2v) is 6.71. The van der Waals surface area contributed by atoms with Gasteiger partial charge in [-0.1, -0.05) is 13.8 Å². The van der Waals surface area contributed by atoms with Gasteiger partial charge in [0.1, 0.15) is 0 Å². The van der Waals surface area contributed by atoms with Gasteiger partial charge in [-0.3, -0.25) is 16.2 Å². The normalized spacial score (nSPS) is 18.9. The van der Waals surface area contributed by atoms with Crippen LogP contribution in [0.3, 0.4) is 0 Å². The molecule has 1 aliphatic rings. The van der Waals surface area contributed by atoms with E-state index in [0.29, 0.717) is 0 Å². The first-order valence-electron chi connectivity index (χ1n) is 7.44. The third-order valence-corrected chi connectivity index (χ3v) is 5.63. The summed E-state index contributed by atoms with van der Waals surface area (Å²) >= 11 is 1.81. The van der Waals surface area contributed by atoms with Gasteiger partial charge in [0.25, 0.3) is 0 Å². The molecule has 4 heteroatoms. The number of thiophene rings is 1. The summed E-state index contributed by atoms with van der Waals surface area (Å²) in [5.41, 5.74) is 4.62. The molecular formula is C15H27N3S. The highest BCUT2D eigenvalue weighted by molar-refractivity contribution is 7.10. The fourth-order valence-electron chi connectivity index (χ4n) is 3.63. The van der Waals surface area contributed by atoms with Gasteiger partial charge in [-0.2, -0.15) is 0 Å². The van der Waals surface area contributed by atoms with Crippen LogP contribution in [-0.2, 0) is 0 Å². The van der Waals surface area contributed by atoms with Crippen LogP contribution in [0, 0.1) is 6.92 Å². The molecule has 1 aromatic heterocycles. The quantitative estimate of drug-likeness (QED) is 0.621. The Morgan fingerprint density at radius 3 is 2.42 bits per heavy atom. The van der Waals surface area contributed by atoms with Crippen LogP contribution in [0.15, 0.2) is 11.4 Å². The van der Waals surface area contributed by atoms with Crippen LogP contribution in [0.1, 0.15) is 56.0 Å². The standard InChI is InChI=1S/C15H27N3S/c1-4-15(5-2,18-8-6-7-9-18)14(17-16)13-10-12(3)19-11-13/h10-11,14,17H,4-9,16H2,1-3H3. The van der Waals surface area contributed by atoms with Crippen LogP contribution in [0.5, 0.6) is 0 Å². The number of nitrogens with one attached hydrogen (secondary N) is 1. The van der Waals surface area contributed by atoms with Crippen molar-refractivity contribution in [1.29, 1.82) is 0 Å². The van der Waals surface area contributed by atoms with Gasteiger partial charge in [0, 0.05) is 10.4 Å². The van der Waals surface area contributed by atoms with Crippen molar-refractivity contribution in [2.75, 3.05) is 13.1 Å². The van der Waals surface area contributed by atoms with Crippen molar-refractivity contribution >= 4 is 11.3 Å².